The molecule has 12 rings (SSSR count). The summed E-state index contributed by atoms with van der Waals surface area (Å²) in [5.74, 6) is 0. The lowest BCUT2D eigenvalue weighted by molar-refractivity contribution is 0.670. The van der Waals surface area contributed by atoms with Crippen LogP contribution in [0.2, 0.25) is 0 Å². The van der Waals surface area contributed by atoms with Crippen LogP contribution in [-0.2, 0) is 0 Å². The van der Waals surface area contributed by atoms with Gasteiger partial charge in [0, 0.05) is 38.5 Å². The van der Waals surface area contributed by atoms with Crippen LogP contribution in [0.3, 0.4) is 0 Å². The van der Waals surface area contributed by atoms with Crippen molar-refractivity contribution in [2.75, 3.05) is 4.90 Å². The van der Waals surface area contributed by atoms with E-state index in [0.29, 0.717) is 0 Å². The molecule has 276 valence electrons. The first-order chi connectivity index (χ1) is 29.2. The molecule has 0 aliphatic rings. The third-order valence-electron chi connectivity index (χ3n) is 11.9. The maximum absolute atomic E-state index is 6.67. The van der Waals surface area contributed by atoms with Gasteiger partial charge in [0.25, 0.3) is 0 Å². The fraction of sp³-hybridized carbons (Fsp3) is 0. The van der Waals surface area contributed by atoms with E-state index in [-0.39, 0.29) is 0 Å². The van der Waals surface area contributed by atoms with Crippen molar-refractivity contribution in [3.05, 3.63) is 212 Å². The SMILES string of the molecule is c1ccc(-c2cccc3c2oc2ccc(-c4ccc(N(c5ccc(-c6ccc7ccccc7c6)cc5)c5cccc6oc7c8ccccc8ccc7c56)cc4)cc23)cc1. The first kappa shape index (κ1) is 33.3. The van der Waals surface area contributed by atoms with Crippen LogP contribution < -0.4 is 4.90 Å². The minimum atomic E-state index is 0.860. The lowest BCUT2D eigenvalue weighted by atomic mass is 9.99. The predicted octanol–water partition coefficient (Wildman–Crippen LogP) is 16.3. The maximum Gasteiger partial charge on any atom is 0.143 e. The smallest absolute Gasteiger partial charge is 0.143 e. The molecule has 2 aromatic heterocycles. The first-order valence-electron chi connectivity index (χ1n) is 20.1. The van der Waals surface area contributed by atoms with Gasteiger partial charge in [-0.15, -0.1) is 0 Å². The summed E-state index contributed by atoms with van der Waals surface area (Å²) in [7, 11) is 0. The average molecular weight is 754 g/mol. The lowest BCUT2D eigenvalue weighted by Gasteiger charge is -2.26. The summed E-state index contributed by atoms with van der Waals surface area (Å²) in [6, 6.07) is 75.7. The third kappa shape index (κ3) is 5.51. The van der Waals surface area contributed by atoms with E-state index in [1.807, 2.05) is 6.07 Å². The molecule has 0 atom stereocenters. The second-order valence-corrected chi connectivity index (χ2v) is 15.3. The van der Waals surface area contributed by atoms with Crippen LogP contribution in [0.15, 0.2) is 221 Å². The monoisotopic (exact) mass is 753 g/mol. The number of anilines is 3. The summed E-state index contributed by atoms with van der Waals surface area (Å²) in [5, 5.41) is 9.16. The van der Waals surface area contributed by atoms with Crippen LogP contribution in [0.25, 0.3) is 98.8 Å². The van der Waals surface area contributed by atoms with Gasteiger partial charge in [0.2, 0.25) is 0 Å². The number of rotatable bonds is 6. The Balaban J connectivity index is 0.983. The quantitative estimate of drug-likeness (QED) is 0.169. The predicted molar refractivity (Wildman–Crippen MR) is 247 cm³/mol. The molecule has 0 spiro atoms. The van der Waals surface area contributed by atoms with Crippen molar-refractivity contribution in [3.8, 4) is 33.4 Å². The number of fused-ring (bicyclic) bond motifs is 9. The van der Waals surface area contributed by atoms with Gasteiger partial charge in [0.1, 0.15) is 22.3 Å². The number of nitrogens with zero attached hydrogens (tertiary/aromatic N) is 1. The average Bonchev–Trinajstić information content (AvgIpc) is 3.89. The molecule has 0 fully saturated rings. The molecule has 0 saturated carbocycles. The van der Waals surface area contributed by atoms with Gasteiger partial charge in [-0.1, -0.05) is 152 Å². The van der Waals surface area contributed by atoms with E-state index in [4.69, 9.17) is 8.83 Å². The molecule has 0 aliphatic carbocycles. The molecule has 0 bridgehead atoms. The molecule has 0 saturated heterocycles. The zero-order valence-corrected chi connectivity index (χ0v) is 32.0. The lowest BCUT2D eigenvalue weighted by Crippen LogP contribution is -2.10. The molecule has 0 amide bonds. The second kappa shape index (κ2) is 13.4. The Labute approximate surface area is 340 Å². The van der Waals surface area contributed by atoms with Gasteiger partial charge in [-0.05, 0) is 105 Å². The molecule has 0 N–H and O–H groups in total. The molecule has 59 heavy (non-hydrogen) atoms. The van der Waals surface area contributed by atoms with Crippen LogP contribution in [-0.4, -0.2) is 0 Å². The summed E-state index contributed by atoms with van der Waals surface area (Å²) < 4.78 is 13.2. The highest BCUT2D eigenvalue weighted by atomic mass is 16.3. The van der Waals surface area contributed by atoms with Gasteiger partial charge in [-0.2, -0.15) is 0 Å². The normalized spacial score (nSPS) is 11.7. The van der Waals surface area contributed by atoms with E-state index in [2.05, 4.69) is 211 Å². The van der Waals surface area contributed by atoms with Crippen molar-refractivity contribution >= 4 is 82.5 Å². The van der Waals surface area contributed by atoms with E-state index in [1.165, 1.54) is 21.9 Å². The third-order valence-corrected chi connectivity index (χ3v) is 11.9. The number of hydrogen-bond acceptors (Lipinski definition) is 3. The largest absolute Gasteiger partial charge is 0.455 e. The molecule has 3 heteroatoms. The first-order valence-corrected chi connectivity index (χ1v) is 20.1. The minimum Gasteiger partial charge on any atom is -0.455 e. The van der Waals surface area contributed by atoms with Crippen LogP contribution >= 0.6 is 0 Å². The van der Waals surface area contributed by atoms with Crippen molar-refractivity contribution in [3.63, 3.8) is 0 Å². The van der Waals surface area contributed by atoms with E-state index in [9.17, 15) is 0 Å². The van der Waals surface area contributed by atoms with E-state index >= 15 is 0 Å². The highest BCUT2D eigenvalue weighted by Gasteiger charge is 2.21. The fourth-order valence-corrected chi connectivity index (χ4v) is 8.95. The van der Waals surface area contributed by atoms with Gasteiger partial charge < -0.3 is 13.7 Å². The van der Waals surface area contributed by atoms with Crippen LogP contribution in [0.5, 0.6) is 0 Å². The van der Waals surface area contributed by atoms with Crippen molar-refractivity contribution in [1.29, 1.82) is 0 Å². The number of furan rings is 2. The highest BCUT2D eigenvalue weighted by molar-refractivity contribution is 6.19. The second-order valence-electron chi connectivity index (χ2n) is 15.3. The Morgan fingerprint density at radius 2 is 0.915 bits per heavy atom. The standard InChI is InChI=1S/C56H35NO2/c1-2-11-39(12-3-1)47-16-8-17-48-50-35-43(27-33-52(50)58-55(47)48)38-24-30-45(31-25-38)57(44-28-22-37(23-29-44)42-21-20-36-10-4-5-14-41(36)34-42)51-18-9-19-53-54(51)49-32-26-40-13-6-7-15-46(40)56(49)59-53/h1-35H. The summed E-state index contributed by atoms with van der Waals surface area (Å²) in [5.41, 5.74) is 13.6. The highest BCUT2D eigenvalue weighted by Crippen LogP contribution is 2.45. The van der Waals surface area contributed by atoms with Crippen molar-refractivity contribution < 1.29 is 8.83 Å². The fourth-order valence-electron chi connectivity index (χ4n) is 8.95. The van der Waals surface area contributed by atoms with E-state index in [1.54, 1.807) is 0 Å². The molecular weight excluding hydrogens is 719 g/mol. The van der Waals surface area contributed by atoms with E-state index in [0.717, 1.165) is 94.0 Å². The summed E-state index contributed by atoms with van der Waals surface area (Å²) >= 11 is 0. The molecule has 0 radical (unpaired) electrons. The Morgan fingerprint density at radius 3 is 1.71 bits per heavy atom. The Hall–Kier alpha value is -7.88. The number of hydrogen-bond donors (Lipinski definition) is 0. The van der Waals surface area contributed by atoms with Crippen molar-refractivity contribution in [1.82, 2.24) is 0 Å². The summed E-state index contributed by atoms with van der Waals surface area (Å²) in [6.07, 6.45) is 0. The summed E-state index contributed by atoms with van der Waals surface area (Å²) in [6.45, 7) is 0. The van der Waals surface area contributed by atoms with Gasteiger partial charge in [0.05, 0.1) is 11.1 Å². The van der Waals surface area contributed by atoms with Crippen molar-refractivity contribution in [2.24, 2.45) is 0 Å². The number of benzene rings is 10. The Morgan fingerprint density at radius 1 is 0.305 bits per heavy atom. The number of para-hydroxylation sites is 1. The van der Waals surface area contributed by atoms with Crippen LogP contribution in [0, 0.1) is 0 Å². The van der Waals surface area contributed by atoms with Gasteiger partial charge in [-0.3, -0.25) is 0 Å². The topological polar surface area (TPSA) is 29.5 Å². The Kier molecular flexibility index (Phi) is 7.54. The molecule has 12 aromatic rings. The van der Waals surface area contributed by atoms with Crippen molar-refractivity contribution in [2.45, 2.75) is 0 Å². The maximum atomic E-state index is 6.67. The molecule has 10 aromatic carbocycles. The Bertz CT molecular complexity index is 3540. The van der Waals surface area contributed by atoms with Gasteiger partial charge >= 0.3 is 0 Å². The summed E-state index contributed by atoms with van der Waals surface area (Å²) in [4.78, 5) is 2.36. The van der Waals surface area contributed by atoms with Crippen LogP contribution in [0.1, 0.15) is 0 Å². The van der Waals surface area contributed by atoms with Crippen LogP contribution in [0.4, 0.5) is 17.1 Å². The van der Waals surface area contributed by atoms with Gasteiger partial charge in [0.15, 0.2) is 0 Å². The molecular formula is C56H35NO2. The molecule has 0 unspecified atom stereocenters. The zero-order valence-electron chi connectivity index (χ0n) is 32.0. The van der Waals surface area contributed by atoms with Gasteiger partial charge in [-0.25, -0.2) is 0 Å². The van der Waals surface area contributed by atoms with E-state index < -0.39 is 0 Å². The minimum absolute atomic E-state index is 0.860. The molecule has 0 aliphatic heterocycles. The molecule has 3 nitrogen and oxygen atoms in total. The molecule has 2 heterocycles. The zero-order chi connectivity index (χ0) is 38.9.